The predicted octanol–water partition coefficient (Wildman–Crippen LogP) is 4.39. The van der Waals surface area contributed by atoms with Crippen molar-refractivity contribution in [3.05, 3.63) is 64.7 Å². The molecule has 0 amide bonds. The van der Waals surface area contributed by atoms with Crippen molar-refractivity contribution in [3.8, 4) is 11.3 Å². The van der Waals surface area contributed by atoms with Gasteiger partial charge in [-0.3, -0.25) is 14.1 Å². The van der Waals surface area contributed by atoms with Crippen LogP contribution in [0, 0.1) is 0 Å². The van der Waals surface area contributed by atoms with Crippen molar-refractivity contribution >= 4 is 21.8 Å². The highest BCUT2D eigenvalue weighted by Crippen LogP contribution is 2.35. The van der Waals surface area contributed by atoms with Crippen LogP contribution in [0.1, 0.15) is 26.3 Å². The van der Waals surface area contributed by atoms with Crippen LogP contribution in [0.5, 0.6) is 0 Å². The van der Waals surface area contributed by atoms with Gasteiger partial charge < -0.3 is 0 Å². The van der Waals surface area contributed by atoms with Crippen LogP contribution in [0.4, 0.5) is 0 Å². The number of aromatic nitrogens is 3. The summed E-state index contributed by atoms with van der Waals surface area (Å²) in [6.07, 6.45) is 1.78. The van der Waals surface area contributed by atoms with Crippen LogP contribution in [0.2, 0.25) is 0 Å². The molecule has 2 heterocycles. The Morgan fingerprint density at radius 2 is 1.69 bits per heavy atom. The quantitative estimate of drug-likeness (QED) is 0.513. The lowest BCUT2D eigenvalue weighted by Crippen LogP contribution is -2.19. The molecule has 4 heteroatoms. The summed E-state index contributed by atoms with van der Waals surface area (Å²) in [6.45, 7) is 6.68. The lowest BCUT2D eigenvalue weighted by Gasteiger charge is -2.23. The molecule has 0 N–H and O–H groups in total. The number of aryl methyl sites for hydroxylation is 2. The molecule has 0 radical (unpaired) electrons. The van der Waals surface area contributed by atoms with E-state index in [2.05, 4.69) is 62.2 Å². The SMILES string of the molecule is Cn1c(=O)n(C)c2c(-c3cc(C(C)(C)C)c4ccccc4c3)nccc21. The number of hydrogen-bond donors (Lipinski definition) is 0. The summed E-state index contributed by atoms with van der Waals surface area (Å²) < 4.78 is 3.36. The fourth-order valence-electron chi connectivity index (χ4n) is 3.75. The predicted molar refractivity (Wildman–Crippen MR) is 108 cm³/mol. The van der Waals surface area contributed by atoms with Crippen molar-refractivity contribution in [2.24, 2.45) is 14.1 Å². The van der Waals surface area contributed by atoms with Crippen LogP contribution in [0.15, 0.2) is 53.5 Å². The molecule has 4 rings (SSSR count). The smallest absolute Gasteiger partial charge is 0.295 e. The summed E-state index contributed by atoms with van der Waals surface area (Å²) in [6, 6.07) is 14.7. The summed E-state index contributed by atoms with van der Waals surface area (Å²) in [7, 11) is 3.61. The monoisotopic (exact) mass is 345 g/mol. The second-order valence-corrected chi connectivity index (χ2v) is 7.92. The second-order valence-electron chi connectivity index (χ2n) is 7.92. The molecule has 4 nitrogen and oxygen atoms in total. The zero-order chi connectivity index (χ0) is 18.6. The van der Waals surface area contributed by atoms with E-state index < -0.39 is 0 Å². The van der Waals surface area contributed by atoms with Crippen molar-refractivity contribution in [2.45, 2.75) is 26.2 Å². The molecule has 26 heavy (non-hydrogen) atoms. The van der Waals surface area contributed by atoms with Gasteiger partial charge in [0.1, 0.15) is 0 Å². The summed E-state index contributed by atoms with van der Waals surface area (Å²) in [4.78, 5) is 17.1. The van der Waals surface area contributed by atoms with Crippen molar-refractivity contribution in [2.75, 3.05) is 0 Å². The molecular weight excluding hydrogens is 322 g/mol. The molecule has 0 fully saturated rings. The van der Waals surface area contributed by atoms with Gasteiger partial charge in [-0.25, -0.2) is 4.79 Å². The molecule has 4 aromatic rings. The Hall–Kier alpha value is -2.88. The molecule has 0 bridgehead atoms. The van der Waals surface area contributed by atoms with Crippen molar-refractivity contribution in [3.63, 3.8) is 0 Å². The Bertz CT molecular complexity index is 1210. The molecular formula is C22H23N3O. The third-order valence-corrected chi connectivity index (χ3v) is 5.12. The Morgan fingerprint density at radius 3 is 2.42 bits per heavy atom. The van der Waals surface area contributed by atoms with E-state index in [1.165, 1.54) is 16.3 Å². The largest absolute Gasteiger partial charge is 0.328 e. The van der Waals surface area contributed by atoms with Gasteiger partial charge >= 0.3 is 5.69 Å². The molecule has 0 aliphatic heterocycles. The summed E-state index contributed by atoms with van der Waals surface area (Å²) >= 11 is 0. The highest BCUT2D eigenvalue weighted by Gasteiger charge is 2.20. The molecule has 132 valence electrons. The molecule has 2 aromatic heterocycles. The number of pyridine rings is 1. The first-order valence-electron chi connectivity index (χ1n) is 8.83. The summed E-state index contributed by atoms with van der Waals surface area (Å²) in [5.74, 6) is 0. The van der Waals surface area contributed by atoms with Gasteiger partial charge in [-0.15, -0.1) is 0 Å². The standard InChI is InChI=1S/C22H23N3O/c1-22(2,3)17-13-15(12-14-8-6-7-9-16(14)17)19-20-18(10-11-23-19)24(4)21(26)25(20)5/h6-13H,1-5H3. The number of hydrogen-bond acceptors (Lipinski definition) is 2. The molecule has 0 saturated heterocycles. The average molecular weight is 345 g/mol. The number of fused-ring (bicyclic) bond motifs is 2. The van der Waals surface area contributed by atoms with Gasteiger partial charge in [-0.1, -0.05) is 45.0 Å². The Labute approximate surface area is 152 Å². The zero-order valence-corrected chi connectivity index (χ0v) is 15.9. The minimum Gasteiger partial charge on any atom is -0.295 e. The highest BCUT2D eigenvalue weighted by molar-refractivity contribution is 5.96. The van der Waals surface area contributed by atoms with E-state index in [0.29, 0.717) is 0 Å². The van der Waals surface area contributed by atoms with Crippen molar-refractivity contribution in [1.82, 2.24) is 14.1 Å². The summed E-state index contributed by atoms with van der Waals surface area (Å²) in [5.41, 5.74) is 4.91. The van der Waals surface area contributed by atoms with Gasteiger partial charge in [0.25, 0.3) is 0 Å². The van der Waals surface area contributed by atoms with Gasteiger partial charge in [-0.2, -0.15) is 0 Å². The molecule has 0 spiro atoms. The van der Waals surface area contributed by atoms with E-state index >= 15 is 0 Å². The normalized spacial score (nSPS) is 12.2. The fourth-order valence-corrected chi connectivity index (χ4v) is 3.75. The Kier molecular flexibility index (Phi) is 3.55. The van der Waals surface area contributed by atoms with Crippen molar-refractivity contribution in [1.29, 1.82) is 0 Å². The van der Waals surface area contributed by atoms with Crippen LogP contribution in [0.25, 0.3) is 33.1 Å². The zero-order valence-electron chi connectivity index (χ0n) is 15.9. The average Bonchev–Trinajstić information content (AvgIpc) is 2.84. The minimum atomic E-state index is -0.0360. The lowest BCUT2D eigenvalue weighted by molar-refractivity contribution is 0.596. The topological polar surface area (TPSA) is 39.8 Å². The molecule has 0 unspecified atom stereocenters. The maximum absolute atomic E-state index is 12.4. The maximum atomic E-state index is 12.4. The first kappa shape index (κ1) is 16.6. The first-order valence-corrected chi connectivity index (χ1v) is 8.83. The number of nitrogens with zero attached hydrogens (tertiary/aromatic N) is 3. The molecule has 0 saturated carbocycles. The van der Waals surface area contributed by atoms with Crippen LogP contribution >= 0.6 is 0 Å². The fraction of sp³-hybridized carbons (Fsp3) is 0.273. The van der Waals surface area contributed by atoms with Gasteiger partial charge in [0.2, 0.25) is 0 Å². The number of rotatable bonds is 1. The van der Waals surface area contributed by atoms with E-state index in [1.807, 2.05) is 13.1 Å². The van der Waals surface area contributed by atoms with Gasteiger partial charge in [0.05, 0.1) is 16.7 Å². The van der Waals surface area contributed by atoms with E-state index in [1.54, 1.807) is 22.4 Å². The summed E-state index contributed by atoms with van der Waals surface area (Å²) in [5, 5.41) is 2.45. The van der Waals surface area contributed by atoms with E-state index in [4.69, 9.17) is 0 Å². The van der Waals surface area contributed by atoms with E-state index in [9.17, 15) is 4.79 Å². The van der Waals surface area contributed by atoms with Gasteiger partial charge in [0.15, 0.2) is 0 Å². The number of imidazole rings is 1. The first-order chi connectivity index (χ1) is 12.3. The minimum absolute atomic E-state index is 0.00603. The third-order valence-electron chi connectivity index (χ3n) is 5.12. The van der Waals surface area contributed by atoms with Gasteiger partial charge in [0, 0.05) is 25.9 Å². The second kappa shape index (κ2) is 5.56. The maximum Gasteiger partial charge on any atom is 0.328 e. The van der Waals surface area contributed by atoms with E-state index in [0.717, 1.165) is 22.3 Å². The van der Waals surface area contributed by atoms with Crippen LogP contribution < -0.4 is 5.69 Å². The molecule has 2 aromatic carbocycles. The Morgan fingerprint density at radius 1 is 0.962 bits per heavy atom. The molecule has 0 aliphatic rings. The highest BCUT2D eigenvalue weighted by atomic mass is 16.1. The van der Waals surface area contributed by atoms with Gasteiger partial charge in [-0.05, 0) is 39.9 Å². The third kappa shape index (κ3) is 2.37. The number of benzene rings is 2. The van der Waals surface area contributed by atoms with E-state index in [-0.39, 0.29) is 11.1 Å². The van der Waals surface area contributed by atoms with Crippen molar-refractivity contribution < 1.29 is 0 Å². The Balaban J connectivity index is 2.12. The van der Waals surface area contributed by atoms with Crippen LogP contribution in [-0.2, 0) is 19.5 Å². The lowest BCUT2D eigenvalue weighted by atomic mass is 9.82. The van der Waals surface area contributed by atoms with Crippen LogP contribution in [-0.4, -0.2) is 14.1 Å². The molecule has 0 aliphatic carbocycles. The van der Waals surface area contributed by atoms with Crippen LogP contribution in [0.3, 0.4) is 0 Å². The molecule has 0 atom stereocenters.